The Morgan fingerprint density at radius 1 is 1.10 bits per heavy atom. The molecule has 1 aliphatic rings. The fourth-order valence-electron chi connectivity index (χ4n) is 3.40. The zero-order valence-electron chi connectivity index (χ0n) is 17.3. The molecule has 0 aliphatic carbocycles. The van der Waals surface area contributed by atoms with Gasteiger partial charge in [0.15, 0.2) is 5.78 Å². The van der Waals surface area contributed by atoms with Gasteiger partial charge in [0.05, 0.1) is 23.6 Å². The van der Waals surface area contributed by atoms with Gasteiger partial charge in [-0.15, -0.1) is 0 Å². The normalized spacial score (nSPS) is 13.9. The highest BCUT2D eigenvalue weighted by Gasteiger charge is 2.25. The van der Waals surface area contributed by atoms with E-state index < -0.39 is 11.8 Å². The molecule has 0 unspecified atom stereocenters. The van der Waals surface area contributed by atoms with Crippen molar-refractivity contribution in [3.05, 3.63) is 58.7 Å². The van der Waals surface area contributed by atoms with Gasteiger partial charge in [0.1, 0.15) is 11.5 Å². The Morgan fingerprint density at radius 2 is 1.80 bits per heavy atom. The molecule has 2 heterocycles. The van der Waals surface area contributed by atoms with E-state index in [1.165, 1.54) is 19.1 Å². The summed E-state index contributed by atoms with van der Waals surface area (Å²) in [5.74, 6) is -1.34. The van der Waals surface area contributed by atoms with Gasteiger partial charge in [0.2, 0.25) is 0 Å². The van der Waals surface area contributed by atoms with Crippen molar-refractivity contribution in [2.45, 2.75) is 20.8 Å². The Hall–Kier alpha value is -3.29. The number of rotatable bonds is 5. The third-order valence-electron chi connectivity index (χ3n) is 5.06. The molecule has 1 saturated heterocycles. The van der Waals surface area contributed by atoms with Crippen molar-refractivity contribution in [3.8, 4) is 0 Å². The van der Waals surface area contributed by atoms with Crippen molar-refractivity contribution in [2.75, 3.05) is 37.7 Å². The molecule has 3 rings (SSSR count). The van der Waals surface area contributed by atoms with E-state index in [2.05, 4.69) is 4.98 Å². The molecule has 1 fully saturated rings. The molecule has 0 spiro atoms. The minimum atomic E-state index is -0.465. The van der Waals surface area contributed by atoms with E-state index >= 15 is 0 Å². The van der Waals surface area contributed by atoms with E-state index in [0.29, 0.717) is 48.7 Å². The molecule has 1 aliphatic heterocycles. The molecule has 1 amide bonds. The maximum absolute atomic E-state index is 14.4. The number of carbonyl (C=O) groups is 3. The van der Waals surface area contributed by atoms with Crippen LogP contribution in [0.15, 0.2) is 30.3 Å². The molecule has 0 bridgehead atoms. The fraction of sp³-hybridized carbons (Fsp3) is 0.364. The summed E-state index contributed by atoms with van der Waals surface area (Å²) in [6, 6.07) is 7.52. The predicted molar refractivity (Wildman–Crippen MR) is 109 cm³/mol. The number of benzene rings is 1. The van der Waals surface area contributed by atoms with Gasteiger partial charge in [-0.3, -0.25) is 9.59 Å². The number of piperazine rings is 1. The van der Waals surface area contributed by atoms with Gasteiger partial charge >= 0.3 is 5.97 Å². The molecular weight excluding hydrogens is 389 g/mol. The number of hydrogen-bond donors (Lipinski definition) is 0. The minimum Gasteiger partial charge on any atom is -0.462 e. The first-order valence-corrected chi connectivity index (χ1v) is 9.81. The number of aryl methyl sites for hydroxylation is 1. The SMILES string of the molecule is CCOC(=O)c1ccc(C(=O)N2CCN(c3ccc(C(C)=O)cc3F)CC2)nc1C. The monoisotopic (exact) mass is 413 g/mol. The molecule has 0 radical (unpaired) electrons. The van der Waals surface area contributed by atoms with Crippen LogP contribution >= 0.6 is 0 Å². The van der Waals surface area contributed by atoms with Crippen LogP contribution in [0, 0.1) is 12.7 Å². The van der Waals surface area contributed by atoms with Crippen LogP contribution in [-0.2, 0) is 4.74 Å². The van der Waals surface area contributed by atoms with Crippen molar-refractivity contribution in [3.63, 3.8) is 0 Å². The number of pyridine rings is 1. The first kappa shape index (κ1) is 21.4. The topological polar surface area (TPSA) is 79.8 Å². The smallest absolute Gasteiger partial charge is 0.339 e. The predicted octanol–water partition coefficient (Wildman–Crippen LogP) is 2.87. The van der Waals surface area contributed by atoms with Crippen LogP contribution in [0.2, 0.25) is 0 Å². The highest BCUT2D eigenvalue weighted by Crippen LogP contribution is 2.23. The van der Waals surface area contributed by atoms with Gasteiger partial charge in [0, 0.05) is 31.7 Å². The van der Waals surface area contributed by atoms with Crippen molar-refractivity contribution in [2.24, 2.45) is 0 Å². The standard InChI is InChI=1S/C22H24FN3O4/c1-4-30-22(29)17-6-7-19(24-14(17)2)21(28)26-11-9-25(10-12-26)20-8-5-16(15(3)27)13-18(20)23/h5-8,13H,4,9-12H2,1-3H3. The Balaban J connectivity index is 1.66. The van der Waals surface area contributed by atoms with Crippen LogP contribution in [0.3, 0.4) is 0 Å². The summed E-state index contributed by atoms with van der Waals surface area (Å²) < 4.78 is 19.4. The van der Waals surface area contributed by atoms with Gasteiger partial charge in [0.25, 0.3) is 5.91 Å². The number of halogens is 1. The molecule has 0 atom stereocenters. The largest absolute Gasteiger partial charge is 0.462 e. The molecule has 2 aromatic rings. The minimum absolute atomic E-state index is 0.187. The number of ether oxygens (including phenoxy) is 1. The number of amides is 1. The Morgan fingerprint density at radius 3 is 2.37 bits per heavy atom. The number of aromatic nitrogens is 1. The highest BCUT2D eigenvalue weighted by atomic mass is 19.1. The molecule has 30 heavy (non-hydrogen) atoms. The third kappa shape index (κ3) is 4.48. The summed E-state index contributed by atoms with van der Waals surface area (Å²) in [7, 11) is 0. The van der Waals surface area contributed by atoms with Crippen LogP contribution in [0.5, 0.6) is 0 Å². The molecule has 0 N–H and O–H groups in total. The molecular formula is C22H24FN3O4. The van der Waals surface area contributed by atoms with E-state index in [9.17, 15) is 18.8 Å². The van der Waals surface area contributed by atoms with E-state index in [4.69, 9.17) is 4.74 Å². The zero-order chi connectivity index (χ0) is 21.8. The summed E-state index contributed by atoms with van der Waals surface area (Å²) >= 11 is 0. The Bertz CT molecular complexity index is 984. The number of hydrogen-bond acceptors (Lipinski definition) is 6. The lowest BCUT2D eigenvalue weighted by Crippen LogP contribution is -2.49. The maximum Gasteiger partial charge on any atom is 0.339 e. The summed E-state index contributed by atoms with van der Waals surface area (Å²) in [6.07, 6.45) is 0. The third-order valence-corrected chi connectivity index (χ3v) is 5.06. The number of ketones is 1. The van der Waals surface area contributed by atoms with Crippen molar-refractivity contribution in [1.29, 1.82) is 0 Å². The lowest BCUT2D eigenvalue weighted by atomic mass is 10.1. The number of carbonyl (C=O) groups excluding carboxylic acids is 3. The van der Waals surface area contributed by atoms with Crippen LogP contribution in [0.25, 0.3) is 0 Å². The Labute approximate surface area is 174 Å². The van der Waals surface area contributed by atoms with E-state index in [-0.39, 0.29) is 24.0 Å². The fourth-order valence-corrected chi connectivity index (χ4v) is 3.40. The van der Waals surface area contributed by atoms with E-state index in [1.807, 2.05) is 4.90 Å². The van der Waals surface area contributed by atoms with E-state index in [0.717, 1.165) is 0 Å². The maximum atomic E-state index is 14.4. The molecule has 8 heteroatoms. The molecule has 1 aromatic heterocycles. The number of nitrogens with zero attached hydrogens (tertiary/aromatic N) is 3. The zero-order valence-corrected chi connectivity index (χ0v) is 17.3. The lowest BCUT2D eigenvalue weighted by molar-refractivity contribution is 0.0523. The van der Waals surface area contributed by atoms with Gasteiger partial charge in [-0.25, -0.2) is 14.2 Å². The first-order valence-electron chi connectivity index (χ1n) is 9.81. The number of esters is 1. The number of Topliss-reactive ketones (excluding diaryl/α,β-unsaturated/α-hetero) is 1. The van der Waals surface area contributed by atoms with Gasteiger partial charge < -0.3 is 14.5 Å². The van der Waals surface area contributed by atoms with Crippen LogP contribution in [0.1, 0.15) is 50.7 Å². The molecule has 7 nitrogen and oxygen atoms in total. The molecule has 1 aromatic carbocycles. The van der Waals surface area contributed by atoms with Crippen molar-refractivity contribution >= 4 is 23.3 Å². The molecule has 158 valence electrons. The second-order valence-electron chi connectivity index (χ2n) is 7.05. The van der Waals surface area contributed by atoms with Gasteiger partial charge in [-0.05, 0) is 51.1 Å². The number of anilines is 1. The summed E-state index contributed by atoms with van der Waals surface area (Å²) in [5, 5.41) is 0. The van der Waals surface area contributed by atoms with Gasteiger partial charge in [-0.1, -0.05) is 0 Å². The van der Waals surface area contributed by atoms with Crippen molar-refractivity contribution < 1.29 is 23.5 Å². The Kier molecular flexibility index (Phi) is 6.44. The highest BCUT2D eigenvalue weighted by molar-refractivity contribution is 5.95. The van der Waals surface area contributed by atoms with Gasteiger partial charge in [-0.2, -0.15) is 0 Å². The average Bonchev–Trinajstić information content (AvgIpc) is 2.73. The average molecular weight is 413 g/mol. The van der Waals surface area contributed by atoms with Crippen LogP contribution < -0.4 is 4.90 Å². The van der Waals surface area contributed by atoms with Crippen LogP contribution in [-0.4, -0.2) is 60.3 Å². The summed E-state index contributed by atoms with van der Waals surface area (Å²) in [6.45, 7) is 6.79. The quantitative estimate of drug-likeness (QED) is 0.554. The summed E-state index contributed by atoms with van der Waals surface area (Å²) in [5.41, 5.74) is 1.77. The lowest BCUT2D eigenvalue weighted by Gasteiger charge is -2.36. The first-order chi connectivity index (χ1) is 14.3. The van der Waals surface area contributed by atoms with Crippen molar-refractivity contribution in [1.82, 2.24) is 9.88 Å². The summed E-state index contributed by atoms with van der Waals surface area (Å²) in [4.78, 5) is 43.9. The second kappa shape index (κ2) is 9.02. The van der Waals surface area contributed by atoms with Crippen LogP contribution in [0.4, 0.5) is 10.1 Å². The molecule has 0 saturated carbocycles. The second-order valence-corrected chi connectivity index (χ2v) is 7.05. The van der Waals surface area contributed by atoms with E-state index in [1.54, 1.807) is 36.9 Å².